The minimum atomic E-state index is -0.285. The molecule has 0 saturated carbocycles. The lowest BCUT2D eigenvalue weighted by Gasteiger charge is -2.32. The quantitative estimate of drug-likeness (QED) is 0.770. The Hall–Kier alpha value is -1.32. The van der Waals surface area contributed by atoms with Gasteiger partial charge in [0.15, 0.2) is 0 Å². The van der Waals surface area contributed by atoms with Crippen molar-refractivity contribution in [3.8, 4) is 0 Å². The van der Waals surface area contributed by atoms with Crippen LogP contribution < -0.4 is 5.46 Å². The zero-order valence-corrected chi connectivity index (χ0v) is 13.3. The number of hydrogen-bond acceptors (Lipinski definition) is 2. The van der Waals surface area contributed by atoms with E-state index in [9.17, 15) is 0 Å². The van der Waals surface area contributed by atoms with E-state index in [-0.39, 0.29) is 18.3 Å². The van der Waals surface area contributed by atoms with Gasteiger partial charge in [-0.3, -0.25) is 0 Å². The van der Waals surface area contributed by atoms with Crippen LogP contribution in [0.5, 0.6) is 0 Å². The highest BCUT2D eigenvalue weighted by molar-refractivity contribution is 6.62. The highest BCUT2D eigenvalue weighted by Gasteiger charge is 2.51. The summed E-state index contributed by atoms with van der Waals surface area (Å²) in [6.45, 7) is 8.34. The van der Waals surface area contributed by atoms with E-state index in [1.807, 2.05) is 0 Å². The van der Waals surface area contributed by atoms with E-state index in [1.165, 1.54) is 11.1 Å². The molecule has 0 amide bonds. The van der Waals surface area contributed by atoms with Crippen LogP contribution in [-0.2, 0) is 9.31 Å². The van der Waals surface area contributed by atoms with Gasteiger partial charge in [0.05, 0.1) is 11.2 Å². The fourth-order valence-corrected chi connectivity index (χ4v) is 2.68. The van der Waals surface area contributed by atoms with Crippen LogP contribution in [0.25, 0.3) is 5.57 Å². The summed E-state index contributed by atoms with van der Waals surface area (Å²) in [5.41, 5.74) is 3.21. The Labute approximate surface area is 128 Å². The standard InChI is InChI=1S/C18H23BO2/c1-17(2)18(3,4)21-19(20-17)16-12-10-15(11-13-16)14-8-6-5-7-9-14/h5-6,8,10-13H,7,9H2,1-4H3. The van der Waals surface area contributed by atoms with Gasteiger partial charge < -0.3 is 9.31 Å². The van der Waals surface area contributed by atoms with Crippen LogP contribution in [0.2, 0.25) is 0 Å². The highest BCUT2D eigenvalue weighted by atomic mass is 16.7. The van der Waals surface area contributed by atoms with E-state index >= 15 is 0 Å². The molecule has 1 saturated heterocycles. The first-order chi connectivity index (χ1) is 9.89. The molecule has 21 heavy (non-hydrogen) atoms. The van der Waals surface area contributed by atoms with Gasteiger partial charge in [0, 0.05) is 0 Å². The van der Waals surface area contributed by atoms with Gasteiger partial charge in [0.2, 0.25) is 0 Å². The van der Waals surface area contributed by atoms with Crippen LogP contribution in [0.3, 0.4) is 0 Å². The maximum atomic E-state index is 6.09. The summed E-state index contributed by atoms with van der Waals surface area (Å²) in [5.74, 6) is 0. The summed E-state index contributed by atoms with van der Waals surface area (Å²) >= 11 is 0. The maximum absolute atomic E-state index is 6.09. The second-order valence-corrected chi connectivity index (χ2v) is 6.87. The molecule has 2 nitrogen and oxygen atoms in total. The molecule has 1 heterocycles. The average Bonchev–Trinajstić information content (AvgIpc) is 2.69. The molecule has 1 aromatic rings. The fourth-order valence-electron chi connectivity index (χ4n) is 2.68. The van der Waals surface area contributed by atoms with Crippen LogP contribution in [-0.4, -0.2) is 18.3 Å². The Kier molecular flexibility index (Phi) is 3.58. The third-order valence-corrected chi connectivity index (χ3v) is 4.82. The first kappa shape index (κ1) is 14.6. The van der Waals surface area contributed by atoms with Crippen molar-refractivity contribution < 1.29 is 9.31 Å². The van der Waals surface area contributed by atoms with Crippen molar-refractivity contribution in [1.29, 1.82) is 0 Å². The van der Waals surface area contributed by atoms with Crippen molar-refractivity contribution >= 4 is 18.2 Å². The molecule has 0 bridgehead atoms. The summed E-state index contributed by atoms with van der Waals surface area (Å²) < 4.78 is 12.2. The van der Waals surface area contributed by atoms with Crippen molar-refractivity contribution in [2.45, 2.75) is 51.7 Å². The van der Waals surface area contributed by atoms with Gasteiger partial charge in [-0.1, -0.05) is 42.5 Å². The second-order valence-electron chi connectivity index (χ2n) is 6.87. The molecule has 0 atom stereocenters. The third kappa shape index (κ3) is 2.73. The van der Waals surface area contributed by atoms with E-state index < -0.39 is 0 Å². The lowest BCUT2D eigenvalue weighted by molar-refractivity contribution is 0.00578. The molecule has 0 radical (unpaired) electrons. The largest absolute Gasteiger partial charge is 0.494 e. The lowest BCUT2D eigenvalue weighted by atomic mass is 9.78. The Balaban J connectivity index is 1.79. The van der Waals surface area contributed by atoms with Crippen LogP contribution in [0.1, 0.15) is 46.1 Å². The average molecular weight is 282 g/mol. The minimum absolute atomic E-state index is 0.274. The summed E-state index contributed by atoms with van der Waals surface area (Å²) in [6, 6.07) is 8.59. The molecule has 1 fully saturated rings. The molecule has 0 aromatic heterocycles. The maximum Gasteiger partial charge on any atom is 0.494 e. The van der Waals surface area contributed by atoms with Crippen LogP contribution in [0.15, 0.2) is 42.5 Å². The molecule has 1 aliphatic heterocycles. The number of allylic oxidation sites excluding steroid dienone is 4. The lowest BCUT2D eigenvalue weighted by Crippen LogP contribution is -2.41. The predicted molar refractivity (Wildman–Crippen MR) is 88.5 cm³/mol. The van der Waals surface area contributed by atoms with Crippen molar-refractivity contribution in [2.24, 2.45) is 0 Å². The summed E-state index contributed by atoms with van der Waals surface area (Å²) in [7, 11) is -0.274. The molecular weight excluding hydrogens is 259 g/mol. The molecule has 0 N–H and O–H groups in total. The zero-order valence-electron chi connectivity index (χ0n) is 13.3. The van der Waals surface area contributed by atoms with Crippen molar-refractivity contribution in [3.63, 3.8) is 0 Å². The summed E-state index contributed by atoms with van der Waals surface area (Å²) in [4.78, 5) is 0. The van der Waals surface area contributed by atoms with Crippen molar-refractivity contribution in [3.05, 3.63) is 48.1 Å². The highest BCUT2D eigenvalue weighted by Crippen LogP contribution is 2.36. The number of hydrogen-bond donors (Lipinski definition) is 0. The van der Waals surface area contributed by atoms with E-state index in [2.05, 4.69) is 70.2 Å². The topological polar surface area (TPSA) is 18.5 Å². The smallest absolute Gasteiger partial charge is 0.399 e. The zero-order chi connectivity index (χ0) is 15.1. The molecule has 1 aliphatic carbocycles. The van der Waals surface area contributed by atoms with E-state index in [0.29, 0.717) is 0 Å². The van der Waals surface area contributed by atoms with Gasteiger partial charge >= 0.3 is 7.12 Å². The third-order valence-electron chi connectivity index (χ3n) is 4.82. The Morgan fingerprint density at radius 2 is 1.57 bits per heavy atom. The minimum Gasteiger partial charge on any atom is -0.399 e. The Bertz CT molecular complexity index is 566. The molecule has 0 spiro atoms. The van der Waals surface area contributed by atoms with E-state index in [0.717, 1.165) is 18.3 Å². The Morgan fingerprint density at radius 1 is 0.952 bits per heavy atom. The monoisotopic (exact) mass is 282 g/mol. The first-order valence-electron chi connectivity index (χ1n) is 7.71. The van der Waals surface area contributed by atoms with Gasteiger partial charge in [-0.2, -0.15) is 0 Å². The predicted octanol–water partition coefficient (Wildman–Crippen LogP) is 3.72. The second kappa shape index (κ2) is 5.15. The first-order valence-corrected chi connectivity index (χ1v) is 7.71. The van der Waals surface area contributed by atoms with E-state index in [4.69, 9.17) is 9.31 Å². The molecule has 3 heteroatoms. The number of rotatable bonds is 2. The molecular formula is C18H23BO2. The summed E-state index contributed by atoms with van der Waals surface area (Å²) in [6.07, 6.45) is 8.80. The fraction of sp³-hybridized carbons (Fsp3) is 0.444. The molecule has 3 rings (SSSR count). The molecule has 110 valence electrons. The molecule has 0 unspecified atom stereocenters. The van der Waals surface area contributed by atoms with Crippen molar-refractivity contribution in [2.75, 3.05) is 0 Å². The van der Waals surface area contributed by atoms with Crippen molar-refractivity contribution in [1.82, 2.24) is 0 Å². The van der Waals surface area contributed by atoms with Gasteiger partial charge in [-0.15, -0.1) is 0 Å². The van der Waals surface area contributed by atoms with E-state index in [1.54, 1.807) is 0 Å². The van der Waals surface area contributed by atoms with Gasteiger partial charge in [0.25, 0.3) is 0 Å². The van der Waals surface area contributed by atoms with Crippen LogP contribution in [0, 0.1) is 0 Å². The normalized spacial score (nSPS) is 23.2. The Morgan fingerprint density at radius 3 is 2.10 bits per heavy atom. The van der Waals surface area contributed by atoms with Crippen LogP contribution >= 0.6 is 0 Å². The number of benzene rings is 1. The van der Waals surface area contributed by atoms with Crippen LogP contribution in [0.4, 0.5) is 0 Å². The van der Waals surface area contributed by atoms with Gasteiger partial charge in [0.1, 0.15) is 0 Å². The molecule has 1 aromatic carbocycles. The van der Waals surface area contributed by atoms with Gasteiger partial charge in [-0.05, 0) is 57.1 Å². The SMILES string of the molecule is CC1(C)OB(c2ccc(C3=CC=CCC3)cc2)OC1(C)C. The van der Waals surface area contributed by atoms with Gasteiger partial charge in [-0.25, -0.2) is 0 Å². The summed E-state index contributed by atoms with van der Waals surface area (Å²) in [5, 5.41) is 0. The molecule has 2 aliphatic rings.